The standard InChI is InChI=1S/C19H20ClFN2O3/c1-12-3-4-14(10-16(12)21)19(25)23-8-7-22-18(24)11-26-17-6-5-15(20)9-13(17)2/h3-6,9-10H,7-8,11H2,1-2H3,(H,22,24)(H,23,25). The van der Waals surface area contributed by atoms with Crippen LogP contribution < -0.4 is 15.4 Å². The highest BCUT2D eigenvalue weighted by atomic mass is 35.5. The van der Waals surface area contributed by atoms with Crippen molar-refractivity contribution in [3.05, 3.63) is 63.9 Å². The van der Waals surface area contributed by atoms with E-state index in [4.69, 9.17) is 16.3 Å². The molecule has 2 N–H and O–H groups in total. The van der Waals surface area contributed by atoms with Crippen molar-refractivity contribution in [1.82, 2.24) is 10.6 Å². The molecule has 0 saturated carbocycles. The molecule has 0 aliphatic heterocycles. The molecule has 0 saturated heterocycles. The molecule has 0 bridgehead atoms. The van der Waals surface area contributed by atoms with E-state index in [0.717, 1.165) is 5.56 Å². The molecule has 7 heteroatoms. The highest BCUT2D eigenvalue weighted by Gasteiger charge is 2.08. The lowest BCUT2D eigenvalue weighted by Gasteiger charge is -2.10. The van der Waals surface area contributed by atoms with Gasteiger partial charge in [-0.25, -0.2) is 4.39 Å². The summed E-state index contributed by atoms with van der Waals surface area (Å²) < 4.78 is 18.9. The SMILES string of the molecule is Cc1ccc(C(=O)NCCNC(=O)COc2ccc(Cl)cc2C)cc1F. The van der Waals surface area contributed by atoms with Crippen LogP contribution in [0.15, 0.2) is 36.4 Å². The molecule has 0 fully saturated rings. The van der Waals surface area contributed by atoms with Crippen molar-refractivity contribution in [3.63, 3.8) is 0 Å². The number of ether oxygens (including phenoxy) is 1. The topological polar surface area (TPSA) is 67.4 Å². The predicted molar refractivity (Wildman–Crippen MR) is 98.2 cm³/mol. The van der Waals surface area contributed by atoms with E-state index in [2.05, 4.69) is 10.6 Å². The van der Waals surface area contributed by atoms with Crippen LogP contribution in [0.4, 0.5) is 4.39 Å². The summed E-state index contributed by atoms with van der Waals surface area (Å²) in [4.78, 5) is 23.7. The molecule has 2 aromatic rings. The normalized spacial score (nSPS) is 10.3. The van der Waals surface area contributed by atoms with Gasteiger partial charge in [0.15, 0.2) is 6.61 Å². The zero-order valence-electron chi connectivity index (χ0n) is 14.6. The lowest BCUT2D eigenvalue weighted by molar-refractivity contribution is -0.123. The molecule has 2 aromatic carbocycles. The Morgan fingerprint density at radius 3 is 2.46 bits per heavy atom. The smallest absolute Gasteiger partial charge is 0.258 e. The van der Waals surface area contributed by atoms with E-state index in [1.807, 2.05) is 6.92 Å². The molecule has 0 heterocycles. The van der Waals surface area contributed by atoms with Gasteiger partial charge in [-0.15, -0.1) is 0 Å². The van der Waals surface area contributed by atoms with Crippen molar-refractivity contribution >= 4 is 23.4 Å². The van der Waals surface area contributed by atoms with Crippen LogP contribution in [0, 0.1) is 19.7 Å². The molecule has 2 amide bonds. The van der Waals surface area contributed by atoms with E-state index >= 15 is 0 Å². The third-order valence-corrected chi connectivity index (χ3v) is 3.90. The zero-order chi connectivity index (χ0) is 19.1. The first kappa shape index (κ1) is 19.7. The van der Waals surface area contributed by atoms with Crippen LogP contribution in [0.2, 0.25) is 5.02 Å². The van der Waals surface area contributed by atoms with E-state index in [1.54, 1.807) is 37.3 Å². The van der Waals surface area contributed by atoms with E-state index in [1.165, 1.54) is 6.07 Å². The van der Waals surface area contributed by atoms with Gasteiger partial charge >= 0.3 is 0 Å². The Morgan fingerprint density at radius 1 is 1.04 bits per heavy atom. The molecule has 0 unspecified atom stereocenters. The molecule has 0 radical (unpaired) electrons. The van der Waals surface area contributed by atoms with Gasteiger partial charge < -0.3 is 15.4 Å². The van der Waals surface area contributed by atoms with E-state index in [9.17, 15) is 14.0 Å². The molecule has 138 valence electrons. The van der Waals surface area contributed by atoms with Crippen molar-refractivity contribution in [2.75, 3.05) is 19.7 Å². The molecule has 5 nitrogen and oxygen atoms in total. The van der Waals surface area contributed by atoms with Crippen molar-refractivity contribution < 1.29 is 18.7 Å². The largest absolute Gasteiger partial charge is 0.484 e. The summed E-state index contributed by atoms with van der Waals surface area (Å²) in [5.74, 6) is -0.555. The number of nitrogens with one attached hydrogen (secondary N) is 2. The van der Waals surface area contributed by atoms with Crippen LogP contribution in [0.5, 0.6) is 5.75 Å². The predicted octanol–water partition coefficient (Wildman–Crippen LogP) is 3.02. The second kappa shape index (κ2) is 9.20. The molecule has 0 atom stereocenters. The van der Waals surface area contributed by atoms with Crippen molar-refractivity contribution in [3.8, 4) is 5.75 Å². The average Bonchev–Trinajstić information content (AvgIpc) is 2.60. The molecule has 0 spiro atoms. The van der Waals surface area contributed by atoms with E-state index < -0.39 is 11.7 Å². The summed E-state index contributed by atoms with van der Waals surface area (Å²) in [7, 11) is 0. The summed E-state index contributed by atoms with van der Waals surface area (Å²) >= 11 is 5.86. The summed E-state index contributed by atoms with van der Waals surface area (Å²) in [6, 6.07) is 9.41. The van der Waals surface area contributed by atoms with Gasteiger partial charge in [-0.2, -0.15) is 0 Å². The van der Waals surface area contributed by atoms with Gasteiger partial charge in [-0.3, -0.25) is 9.59 Å². The Hall–Kier alpha value is -2.60. The molecule has 26 heavy (non-hydrogen) atoms. The van der Waals surface area contributed by atoms with Crippen LogP contribution >= 0.6 is 11.6 Å². The van der Waals surface area contributed by atoms with Gasteiger partial charge in [0.1, 0.15) is 11.6 Å². The van der Waals surface area contributed by atoms with Gasteiger partial charge in [0, 0.05) is 23.7 Å². The molecule has 0 aliphatic carbocycles. The van der Waals surface area contributed by atoms with Gasteiger partial charge in [-0.05, 0) is 55.3 Å². The maximum Gasteiger partial charge on any atom is 0.258 e. The zero-order valence-corrected chi connectivity index (χ0v) is 15.3. The first-order valence-electron chi connectivity index (χ1n) is 8.07. The fraction of sp³-hybridized carbons (Fsp3) is 0.263. The lowest BCUT2D eigenvalue weighted by atomic mass is 10.1. The van der Waals surface area contributed by atoms with Crippen LogP contribution in [0.25, 0.3) is 0 Å². The Labute approximate surface area is 156 Å². The Bertz CT molecular complexity index is 811. The van der Waals surface area contributed by atoms with E-state index in [-0.39, 0.29) is 31.2 Å². The first-order valence-corrected chi connectivity index (χ1v) is 8.44. The van der Waals surface area contributed by atoms with Crippen LogP contribution in [-0.2, 0) is 4.79 Å². The number of benzene rings is 2. The number of rotatable bonds is 7. The second-order valence-corrected chi connectivity index (χ2v) is 6.20. The molecule has 0 aromatic heterocycles. The van der Waals surface area contributed by atoms with Gasteiger partial charge in [0.25, 0.3) is 11.8 Å². The summed E-state index contributed by atoms with van der Waals surface area (Å²) in [6.07, 6.45) is 0. The number of carbonyl (C=O) groups is 2. The Morgan fingerprint density at radius 2 is 1.77 bits per heavy atom. The summed E-state index contributed by atoms with van der Waals surface area (Å²) in [5, 5.41) is 5.85. The number of aryl methyl sites for hydroxylation is 2. The Kier molecular flexibility index (Phi) is 6.97. The highest BCUT2D eigenvalue weighted by Crippen LogP contribution is 2.21. The fourth-order valence-corrected chi connectivity index (χ4v) is 2.41. The van der Waals surface area contributed by atoms with Gasteiger partial charge in [0.2, 0.25) is 0 Å². The monoisotopic (exact) mass is 378 g/mol. The molecule has 0 aliphatic rings. The highest BCUT2D eigenvalue weighted by molar-refractivity contribution is 6.30. The first-order chi connectivity index (χ1) is 12.4. The number of hydrogen-bond donors (Lipinski definition) is 2. The molecular formula is C19H20ClFN2O3. The minimum Gasteiger partial charge on any atom is -0.484 e. The Balaban J connectivity index is 1.69. The maximum atomic E-state index is 13.5. The summed E-state index contributed by atoms with van der Waals surface area (Å²) in [5.41, 5.74) is 1.55. The number of carbonyl (C=O) groups excluding carboxylic acids is 2. The van der Waals surface area contributed by atoms with Crippen molar-refractivity contribution in [1.29, 1.82) is 0 Å². The maximum absolute atomic E-state index is 13.5. The second-order valence-electron chi connectivity index (χ2n) is 5.77. The van der Waals surface area contributed by atoms with Crippen LogP contribution in [0.1, 0.15) is 21.5 Å². The average molecular weight is 379 g/mol. The quantitative estimate of drug-likeness (QED) is 0.728. The van der Waals surface area contributed by atoms with E-state index in [0.29, 0.717) is 16.3 Å². The fourth-order valence-electron chi connectivity index (χ4n) is 2.18. The lowest BCUT2D eigenvalue weighted by Crippen LogP contribution is -2.36. The van der Waals surface area contributed by atoms with Crippen molar-refractivity contribution in [2.24, 2.45) is 0 Å². The number of hydrogen-bond acceptors (Lipinski definition) is 3. The third-order valence-electron chi connectivity index (χ3n) is 3.66. The number of halogens is 2. The molecular weight excluding hydrogens is 359 g/mol. The minimum absolute atomic E-state index is 0.139. The van der Waals surface area contributed by atoms with Gasteiger partial charge in [0.05, 0.1) is 0 Å². The minimum atomic E-state index is -0.430. The van der Waals surface area contributed by atoms with Crippen LogP contribution in [-0.4, -0.2) is 31.5 Å². The van der Waals surface area contributed by atoms with Gasteiger partial charge in [-0.1, -0.05) is 17.7 Å². The third kappa shape index (κ3) is 5.74. The number of amides is 2. The van der Waals surface area contributed by atoms with Crippen LogP contribution in [0.3, 0.4) is 0 Å². The summed E-state index contributed by atoms with van der Waals surface area (Å²) in [6.45, 7) is 3.78. The molecule has 2 rings (SSSR count). The van der Waals surface area contributed by atoms with Crippen molar-refractivity contribution in [2.45, 2.75) is 13.8 Å².